The van der Waals surface area contributed by atoms with Crippen LogP contribution in [0.2, 0.25) is 0 Å². The molecule has 0 aliphatic heterocycles. The highest BCUT2D eigenvalue weighted by molar-refractivity contribution is 5.01. The average Bonchev–Trinajstić information content (AvgIpc) is 1.85. The Hall–Kier alpha value is -1.21. The van der Waals surface area contributed by atoms with E-state index in [4.69, 9.17) is 5.53 Å². The molecule has 0 amide bonds. The van der Waals surface area contributed by atoms with Gasteiger partial charge in [0.15, 0.2) is 0 Å². The maximum Gasteiger partial charge on any atom is 0.0470 e. The summed E-state index contributed by atoms with van der Waals surface area (Å²) in [5, 5.41) is 3.32. The van der Waals surface area contributed by atoms with Crippen LogP contribution in [0.3, 0.4) is 0 Å². The van der Waals surface area contributed by atoms with Crippen molar-refractivity contribution in [2.24, 2.45) is 5.11 Å². The molecule has 0 N–H and O–H groups in total. The van der Waals surface area contributed by atoms with Crippen LogP contribution in [0.5, 0.6) is 0 Å². The van der Waals surface area contributed by atoms with Crippen LogP contribution < -0.4 is 0 Å². The summed E-state index contributed by atoms with van der Waals surface area (Å²) in [6.45, 7) is 7.54. The quantitative estimate of drug-likeness (QED) is 0.238. The van der Waals surface area contributed by atoms with Gasteiger partial charge in [-0.05, 0) is 12.0 Å². The molecule has 0 aromatic heterocycles. The molecule has 0 fully saturated rings. The van der Waals surface area contributed by atoms with Gasteiger partial charge in [0.05, 0.1) is 0 Å². The van der Waals surface area contributed by atoms with Crippen LogP contribution >= 0.6 is 0 Å². The van der Waals surface area contributed by atoms with Crippen molar-refractivity contribution < 1.29 is 0 Å². The summed E-state index contributed by atoms with van der Waals surface area (Å²) in [4.78, 5) is 2.59. The van der Waals surface area contributed by atoms with Crippen molar-refractivity contribution in [1.82, 2.24) is 0 Å². The van der Waals surface area contributed by atoms with Crippen LogP contribution in [0.15, 0.2) is 29.9 Å². The van der Waals surface area contributed by atoms with Crippen molar-refractivity contribution in [1.29, 1.82) is 0 Å². The Morgan fingerprint density at radius 1 is 1.78 bits per heavy atom. The molecule has 3 nitrogen and oxygen atoms in total. The number of azide groups is 1. The lowest BCUT2D eigenvalue weighted by atomic mass is 10.2. The minimum Gasteiger partial charge on any atom is -0.103 e. The molecular formula is C6H9N3. The standard InChI is InChI=1S/C6H9N3/c1-3-4-6(2)5-8-9-7/h3H,1-2,4-5H2. The van der Waals surface area contributed by atoms with Crippen LogP contribution in [0.25, 0.3) is 10.4 Å². The van der Waals surface area contributed by atoms with Gasteiger partial charge in [-0.1, -0.05) is 23.3 Å². The predicted octanol–water partition coefficient (Wildman–Crippen LogP) is 2.43. The highest BCUT2D eigenvalue weighted by atomic mass is 15.1. The molecule has 0 radical (unpaired) electrons. The molecule has 0 aliphatic carbocycles. The first kappa shape index (κ1) is 7.79. The molecule has 0 rings (SSSR count). The molecule has 0 unspecified atom stereocenters. The zero-order valence-corrected chi connectivity index (χ0v) is 5.25. The normalized spacial score (nSPS) is 7.56. The zero-order chi connectivity index (χ0) is 7.11. The maximum atomic E-state index is 7.87. The van der Waals surface area contributed by atoms with Crippen LogP contribution in [0, 0.1) is 0 Å². The average molecular weight is 123 g/mol. The van der Waals surface area contributed by atoms with Crippen molar-refractivity contribution in [3.63, 3.8) is 0 Å². The lowest BCUT2D eigenvalue weighted by molar-refractivity contribution is 1.06. The second-order valence-corrected chi connectivity index (χ2v) is 1.63. The zero-order valence-electron chi connectivity index (χ0n) is 5.25. The van der Waals surface area contributed by atoms with Crippen molar-refractivity contribution in [2.75, 3.05) is 6.54 Å². The number of hydrogen-bond donors (Lipinski definition) is 0. The summed E-state index contributed by atoms with van der Waals surface area (Å²) < 4.78 is 0. The second kappa shape index (κ2) is 4.94. The summed E-state index contributed by atoms with van der Waals surface area (Å²) in [6, 6.07) is 0. The minimum atomic E-state index is 0.377. The molecule has 0 aromatic rings. The first-order valence-corrected chi connectivity index (χ1v) is 2.59. The molecular weight excluding hydrogens is 114 g/mol. The SMILES string of the molecule is C=CCC(=C)CN=[N+]=[N-]. The van der Waals surface area contributed by atoms with Crippen LogP contribution in [0.1, 0.15) is 6.42 Å². The van der Waals surface area contributed by atoms with Crippen molar-refractivity contribution in [2.45, 2.75) is 6.42 Å². The summed E-state index contributed by atoms with van der Waals surface area (Å²) in [6.07, 6.45) is 2.45. The lowest BCUT2D eigenvalue weighted by Gasteiger charge is -1.91. The highest BCUT2D eigenvalue weighted by Gasteiger charge is 1.84. The van der Waals surface area contributed by atoms with Gasteiger partial charge in [0.25, 0.3) is 0 Å². The van der Waals surface area contributed by atoms with E-state index in [-0.39, 0.29) is 0 Å². The fraction of sp³-hybridized carbons (Fsp3) is 0.333. The van der Waals surface area contributed by atoms with Crippen LogP contribution in [-0.4, -0.2) is 6.54 Å². The topological polar surface area (TPSA) is 48.8 Å². The van der Waals surface area contributed by atoms with E-state index >= 15 is 0 Å². The molecule has 3 heteroatoms. The third-order valence-corrected chi connectivity index (χ3v) is 0.791. The van der Waals surface area contributed by atoms with Gasteiger partial charge in [-0.2, -0.15) is 0 Å². The van der Waals surface area contributed by atoms with Crippen molar-refractivity contribution >= 4 is 0 Å². The fourth-order valence-electron chi connectivity index (χ4n) is 0.400. The Bertz CT molecular complexity index is 154. The molecule has 0 heterocycles. The maximum absolute atomic E-state index is 7.87. The fourth-order valence-corrected chi connectivity index (χ4v) is 0.400. The smallest absolute Gasteiger partial charge is 0.0470 e. The molecule has 0 saturated heterocycles. The van der Waals surface area contributed by atoms with Gasteiger partial charge in [0.2, 0.25) is 0 Å². The number of allylic oxidation sites excluding steroid dienone is 1. The third kappa shape index (κ3) is 4.65. The van der Waals surface area contributed by atoms with Gasteiger partial charge in [-0.15, -0.1) is 6.58 Å². The largest absolute Gasteiger partial charge is 0.103 e. The van der Waals surface area contributed by atoms with Crippen LogP contribution in [-0.2, 0) is 0 Å². The van der Waals surface area contributed by atoms with Gasteiger partial charge in [0, 0.05) is 11.5 Å². The number of nitrogens with zero attached hydrogens (tertiary/aromatic N) is 3. The van der Waals surface area contributed by atoms with Crippen LogP contribution in [0.4, 0.5) is 0 Å². The molecule has 0 aromatic carbocycles. The first-order valence-electron chi connectivity index (χ1n) is 2.59. The molecule has 9 heavy (non-hydrogen) atoms. The van der Waals surface area contributed by atoms with E-state index in [1.807, 2.05) is 0 Å². The molecule has 0 bridgehead atoms. The summed E-state index contributed by atoms with van der Waals surface area (Å²) >= 11 is 0. The summed E-state index contributed by atoms with van der Waals surface area (Å²) in [5.74, 6) is 0. The van der Waals surface area contributed by atoms with Gasteiger partial charge in [-0.25, -0.2) is 0 Å². The Kier molecular flexibility index (Phi) is 4.27. The second-order valence-electron chi connectivity index (χ2n) is 1.63. The first-order chi connectivity index (χ1) is 4.31. The molecule has 0 spiro atoms. The highest BCUT2D eigenvalue weighted by Crippen LogP contribution is 1.97. The van der Waals surface area contributed by atoms with E-state index in [0.717, 1.165) is 12.0 Å². The predicted molar refractivity (Wildman–Crippen MR) is 38.0 cm³/mol. The Balaban J connectivity index is 3.50. The van der Waals surface area contributed by atoms with E-state index in [9.17, 15) is 0 Å². The third-order valence-electron chi connectivity index (χ3n) is 0.791. The van der Waals surface area contributed by atoms with E-state index in [0.29, 0.717) is 6.54 Å². The molecule has 48 valence electrons. The Morgan fingerprint density at radius 3 is 2.89 bits per heavy atom. The Labute approximate surface area is 54.3 Å². The molecule has 0 atom stereocenters. The van der Waals surface area contributed by atoms with E-state index in [1.54, 1.807) is 6.08 Å². The van der Waals surface area contributed by atoms with Crippen molar-refractivity contribution in [3.8, 4) is 0 Å². The summed E-state index contributed by atoms with van der Waals surface area (Å²) in [5.41, 5.74) is 8.77. The van der Waals surface area contributed by atoms with Gasteiger partial charge >= 0.3 is 0 Å². The molecule has 0 saturated carbocycles. The van der Waals surface area contributed by atoms with E-state index < -0.39 is 0 Å². The monoisotopic (exact) mass is 123 g/mol. The van der Waals surface area contributed by atoms with E-state index in [2.05, 4.69) is 23.2 Å². The van der Waals surface area contributed by atoms with Gasteiger partial charge in [0.1, 0.15) is 0 Å². The molecule has 0 aliphatic rings. The number of rotatable bonds is 4. The summed E-state index contributed by atoms with van der Waals surface area (Å²) in [7, 11) is 0. The van der Waals surface area contributed by atoms with Crippen molar-refractivity contribution in [3.05, 3.63) is 35.2 Å². The minimum absolute atomic E-state index is 0.377. The van der Waals surface area contributed by atoms with Gasteiger partial charge < -0.3 is 0 Å². The lowest BCUT2D eigenvalue weighted by Crippen LogP contribution is -1.81. The Morgan fingerprint density at radius 2 is 2.44 bits per heavy atom. The van der Waals surface area contributed by atoms with E-state index in [1.165, 1.54) is 0 Å². The van der Waals surface area contributed by atoms with Gasteiger partial charge in [-0.3, -0.25) is 0 Å². The number of hydrogen-bond acceptors (Lipinski definition) is 1.